The molecule has 2 rings (SSSR count). The maximum absolute atomic E-state index is 12.3. The molecular formula is C18H28ClN3O4S. The molecule has 152 valence electrons. The van der Waals surface area contributed by atoms with Crippen LogP contribution in [0.25, 0.3) is 0 Å². The average Bonchev–Trinajstić information content (AvgIpc) is 2.61. The molecule has 2 amide bonds. The van der Waals surface area contributed by atoms with Gasteiger partial charge in [-0.25, -0.2) is 17.5 Å². The number of halogens is 1. The molecule has 0 aromatic heterocycles. The van der Waals surface area contributed by atoms with Crippen LogP contribution in [0, 0.1) is 5.92 Å². The zero-order chi connectivity index (χ0) is 20.0. The molecule has 27 heavy (non-hydrogen) atoms. The van der Waals surface area contributed by atoms with Crippen molar-refractivity contribution >= 4 is 33.3 Å². The van der Waals surface area contributed by atoms with Crippen LogP contribution < -0.4 is 10.6 Å². The number of amides is 2. The van der Waals surface area contributed by atoms with Crippen molar-refractivity contribution in [1.29, 1.82) is 0 Å². The van der Waals surface area contributed by atoms with Gasteiger partial charge < -0.3 is 15.4 Å². The van der Waals surface area contributed by atoms with E-state index in [9.17, 15) is 13.2 Å². The van der Waals surface area contributed by atoms with Crippen LogP contribution in [0.3, 0.4) is 0 Å². The fourth-order valence-corrected chi connectivity index (χ4v) is 4.45. The van der Waals surface area contributed by atoms with Gasteiger partial charge in [-0.1, -0.05) is 31.4 Å². The van der Waals surface area contributed by atoms with Gasteiger partial charge in [0, 0.05) is 26.3 Å². The van der Waals surface area contributed by atoms with Crippen LogP contribution in [-0.4, -0.2) is 52.1 Å². The van der Waals surface area contributed by atoms with E-state index in [1.54, 1.807) is 6.07 Å². The Labute approximate surface area is 166 Å². The summed E-state index contributed by atoms with van der Waals surface area (Å²) in [6.07, 6.45) is 4.97. The summed E-state index contributed by atoms with van der Waals surface area (Å²) < 4.78 is 31.5. The van der Waals surface area contributed by atoms with E-state index in [1.165, 1.54) is 45.5 Å². The number of nitrogens with zero attached hydrogens (tertiary/aromatic N) is 1. The van der Waals surface area contributed by atoms with Crippen LogP contribution >= 0.6 is 11.6 Å². The van der Waals surface area contributed by atoms with Gasteiger partial charge in [-0.05, 0) is 37.0 Å². The third-order valence-electron chi connectivity index (χ3n) is 4.70. The number of carbonyl (C=O) groups is 1. The normalized spacial score (nSPS) is 20.5. The number of nitrogens with one attached hydrogen (secondary N) is 2. The summed E-state index contributed by atoms with van der Waals surface area (Å²) in [5.41, 5.74) is 0.346. The molecule has 1 aromatic rings. The number of hydrogen-bond acceptors (Lipinski definition) is 4. The molecule has 1 aliphatic rings. The number of benzene rings is 1. The first-order valence-electron chi connectivity index (χ1n) is 9.10. The van der Waals surface area contributed by atoms with Gasteiger partial charge in [-0.3, -0.25) is 0 Å². The van der Waals surface area contributed by atoms with Crippen molar-refractivity contribution < 1.29 is 17.9 Å². The first kappa shape index (κ1) is 21.9. The summed E-state index contributed by atoms with van der Waals surface area (Å²) in [5.74, 6) is 0.554. The van der Waals surface area contributed by atoms with Gasteiger partial charge in [0.1, 0.15) is 4.90 Å². The molecular weight excluding hydrogens is 390 g/mol. The van der Waals surface area contributed by atoms with Crippen molar-refractivity contribution in [2.24, 2.45) is 5.92 Å². The zero-order valence-corrected chi connectivity index (χ0v) is 17.6. The summed E-state index contributed by atoms with van der Waals surface area (Å²) in [6, 6.07) is 3.92. The smallest absolute Gasteiger partial charge is 0.319 e. The van der Waals surface area contributed by atoms with Crippen LogP contribution in [0.15, 0.2) is 23.1 Å². The van der Waals surface area contributed by atoms with Gasteiger partial charge >= 0.3 is 6.03 Å². The first-order valence-corrected chi connectivity index (χ1v) is 10.9. The summed E-state index contributed by atoms with van der Waals surface area (Å²) in [6.45, 7) is 3.03. The Morgan fingerprint density at radius 3 is 2.67 bits per heavy atom. The number of anilines is 1. The van der Waals surface area contributed by atoms with Crippen LogP contribution in [-0.2, 0) is 14.8 Å². The van der Waals surface area contributed by atoms with Crippen LogP contribution in [0.4, 0.5) is 10.5 Å². The lowest BCUT2D eigenvalue weighted by Crippen LogP contribution is -2.34. The van der Waals surface area contributed by atoms with E-state index >= 15 is 0 Å². The quantitative estimate of drug-likeness (QED) is 0.666. The molecule has 0 spiro atoms. The Morgan fingerprint density at radius 1 is 1.30 bits per heavy atom. The highest BCUT2D eigenvalue weighted by atomic mass is 35.5. The van der Waals surface area contributed by atoms with E-state index in [0.29, 0.717) is 24.8 Å². The van der Waals surface area contributed by atoms with E-state index in [4.69, 9.17) is 16.3 Å². The minimum absolute atomic E-state index is 0.0541. The lowest BCUT2D eigenvalue weighted by atomic mass is 9.88. The minimum Gasteiger partial charge on any atom is -0.376 e. The lowest BCUT2D eigenvalue weighted by Gasteiger charge is -2.28. The average molecular weight is 418 g/mol. The molecule has 0 unspecified atom stereocenters. The lowest BCUT2D eigenvalue weighted by molar-refractivity contribution is -0.00232. The second-order valence-corrected chi connectivity index (χ2v) is 9.51. The van der Waals surface area contributed by atoms with Gasteiger partial charge in [-0.15, -0.1) is 0 Å². The molecule has 1 fully saturated rings. The number of carbonyl (C=O) groups excluding carboxylic acids is 1. The van der Waals surface area contributed by atoms with E-state index in [2.05, 4.69) is 17.6 Å². The monoisotopic (exact) mass is 417 g/mol. The Bertz CT molecular complexity index is 755. The van der Waals surface area contributed by atoms with Gasteiger partial charge in [0.05, 0.1) is 17.7 Å². The number of rotatable bonds is 7. The molecule has 2 N–H and O–H groups in total. The molecule has 0 heterocycles. The van der Waals surface area contributed by atoms with Crippen molar-refractivity contribution in [3.8, 4) is 0 Å². The molecule has 1 aliphatic carbocycles. The largest absolute Gasteiger partial charge is 0.376 e. The SMILES string of the molecule is C[C@H]1CCCC[C@H]1OCCNC(=O)Nc1ccc(Cl)c(S(=O)(=O)N(C)C)c1. The second-order valence-electron chi connectivity index (χ2n) is 6.98. The van der Waals surface area contributed by atoms with Gasteiger partial charge in [-0.2, -0.15) is 0 Å². The van der Waals surface area contributed by atoms with Crippen molar-refractivity contribution in [1.82, 2.24) is 9.62 Å². The summed E-state index contributed by atoms with van der Waals surface area (Å²) >= 11 is 6.00. The Kier molecular flexibility index (Phi) is 7.91. The fourth-order valence-electron chi connectivity index (χ4n) is 3.06. The third-order valence-corrected chi connectivity index (χ3v) is 7.00. The molecule has 0 saturated heterocycles. The molecule has 7 nitrogen and oxygen atoms in total. The van der Waals surface area contributed by atoms with Crippen LogP contribution in [0.1, 0.15) is 32.6 Å². The second kappa shape index (κ2) is 9.73. The maximum atomic E-state index is 12.3. The van der Waals surface area contributed by atoms with Gasteiger partial charge in [0.2, 0.25) is 10.0 Å². The molecule has 1 aromatic carbocycles. The van der Waals surface area contributed by atoms with Crippen LogP contribution in [0.5, 0.6) is 0 Å². The Hall–Kier alpha value is -1.35. The van der Waals surface area contributed by atoms with Crippen molar-refractivity contribution in [2.75, 3.05) is 32.6 Å². The highest BCUT2D eigenvalue weighted by Crippen LogP contribution is 2.27. The molecule has 0 radical (unpaired) electrons. The molecule has 2 atom stereocenters. The first-order chi connectivity index (χ1) is 12.7. The molecule has 0 aliphatic heterocycles. The third kappa shape index (κ3) is 6.07. The van der Waals surface area contributed by atoms with E-state index < -0.39 is 16.1 Å². The Morgan fingerprint density at radius 2 is 2.00 bits per heavy atom. The zero-order valence-electron chi connectivity index (χ0n) is 16.0. The Balaban J connectivity index is 1.85. The standard InChI is InChI=1S/C18H28ClN3O4S/c1-13-6-4-5-7-16(13)26-11-10-20-18(23)21-14-8-9-15(19)17(12-14)27(24,25)22(2)3/h8-9,12-13,16H,4-7,10-11H2,1-3H3,(H2,20,21,23)/t13-,16+/m0/s1. The fraction of sp³-hybridized carbons (Fsp3) is 0.611. The van der Waals surface area contributed by atoms with Crippen molar-refractivity contribution in [3.05, 3.63) is 23.2 Å². The highest BCUT2D eigenvalue weighted by molar-refractivity contribution is 7.89. The minimum atomic E-state index is -3.69. The predicted octanol–water partition coefficient (Wildman–Crippen LogP) is 3.31. The highest BCUT2D eigenvalue weighted by Gasteiger charge is 2.22. The topological polar surface area (TPSA) is 87.7 Å². The molecule has 1 saturated carbocycles. The van der Waals surface area contributed by atoms with Crippen LogP contribution in [0.2, 0.25) is 5.02 Å². The molecule has 0 bridgehead atoms. The summed E-state index contributed by atoms with van der Waals surface area (Å²) in [4.78, 5) is 12.0. The summed E-state index contributed by atoms with van der Waals surface area (Å²) in [5, 5.41) is 5.44. The number of urea groups is 1. The van der Waals surface area contributed by atoms with Gasteiger partial charge in [0.15, 0.2) is 0 Å². The summed E-state index contributed by atoms with van der Waals surface area (Å²) in [7, 11) is -0.850. The van der Waals surface area contributed by atoms with E-state index in [-0.39, 0.29) is 16.0 Å². The van der Waals surface area contributed by atoms with E-state index in [0.717, 1.165) is 10.7 Å². The number of sulfonamides is 1. The molecule has 9 heteroatoms. The van der Waals surface area contributed by atoms with Gasteiger partial charge in [0.25, 0.3) is 0 Å². The number of ether oxygens (including phenoxy) is 1. The number of hydrogen-bond donors (Lipinski definition) is 2. The van der Waals surface area contributed by atoms with E-state index in [1.807, 2.05) is 0 Å². The van der Waals surface area contributed by atoms with Crippen molar-refractivity contribution in [2.45, 2.75) is 43.6 Å². The van der Waals surface area contributed by atoms with Crippen molar-refractivity contribution in [3.63, 3.8) is 0 Å². The maximum Gasteiger partial charge on any atom is 0.319 e. The predicted molar refractivity (Wildman–Crippen MR) is 107 cm³/mol.